The quantitative estimate of drug-likeness (QED) is 0.735. The Labute approximate surface area is 111 Å². The second-order valence-electron chi connectivity index (χ2n) is 6.02. The lowest BCUT2D eigenvalue weighted by Crippen LogP contribution is -2.55. The van der Waals surface area contributed by atoms with E-state index >= 15 is 0 Å². The average Bonchev–Trinajstić information content (AvgIpc) is 2.39. The lowest BCUT2D eigenvalue weighted by Gasteiger charge is -2.44. The van der Waals surface area contributed by atoms with Gasteiger partial charge in [0.25, 0.3) is 0 Å². The van der Waals surface area contributed by atoms with Crippen LogP contribution in [0.15, 0.2) is 0 Å². The Morgan fingerprint density at radius 3 is 2.33 bits per heavy atom. The van der Waals surface area contributed by atoms with Crippen molar-refractivity contribution in [1.29, 1.82) is 0 Å². The van der Waals surface area contributed by atoms with Crippen LogP contribution in [0, 0.1) is 0 Å². The van der Waals surface area contributed by atoms with Gasteiger partial charge in [0, 0.05) is 20.1 Å². The summed E-state index contributed by atoms with van der Waals surface area (Å²) in [6.07, 6.45) is 5.93. The van der Waals surface area contributed by atoms with Gasteiger partial charge in [-0.3, -0.25) is 9.69 Å². The van der Waals surface area contributed by atoms with Crippen molar-refractivity contribution in [2.75, 3.05) is 40.8 Å². The summed E-state index contributed by atoms with van der Waals surface area (Å²) < 4.78 is 0. The number of nitrogens with zero attached hydrogens (tertiary/aromatic N) is 3. The summed E-state index contributed by atoms with van der Waals surface area (Å²) in [6.45, 7) is 3.45. The monoisotopic (exact) mass is 253 g/mol. The molecular weight excluding hydrogens is 226 g/mol. The number of hydrogen-bond donors (Lipinski definition) is 0. The SMILES string of the molecule is CN1CCC(N2CCCC[C@H]2C(=O)N(C)C)CC1. The Morgan fingerprint density at radius 2 is 1.72 bits per heavy atom. The topological polar surface area (TPSA) is 26.8 Å². The van der Waals surface area contributed by atoms with Crippen molar-refractivity contribution < 1.29 is 4.79 Å². The smallest absolute Gasteiger partial charge is 0.239 e. The molecule has 0 radical (unpaired) electrons. The highest BCUT2D eigenvalue weighted by Crippen LogP contribution is 2.25. The predicted molar refractivity (Wildman–Crippen MR) is 73.6 cm³/mol. The minimum absolute atomic E-state index is 0.141. The maximum absolute atomic E-state index is 12.3. The molecule has 0 spiro atoms. The van der Waals surface area contributed by atoms with Crippen molar-refractivity contribution in [2.24, 2.45) is 0 Å². The highest BCUT2D eigenvalue weighted by molar-refractivity contribution is 5.81. The largest absolute Gasteiger partial charge is 0.347 e. The molecule has 2 aliphatic heterocycles. The van der Waals surface area contributed by atoms with E-state index in [1.165, 1.54) is 38.8 Å². The van der Waals surface area contributed by atoms with E-state index in [-0.39, 0.29) is 6.04 Å². The van der Waals surface area contributed by atoms with Gasteiger partial charge in [-0.15, -0.1) is 0 Å². The zero-order valence-corrected chi connectivity index (χ0v) is 12.1. The molecule has 2 fully saturated rings. The third kappa shape index (κ3) is 3.04. The second kappa shape index (κ2) is 6.02. The molecule has 104 valence electrons. The molecule has 0 aromatic carbocycles. The normalized spacial score (nSPS) is 28.3. The predicted octanol–water partition coefficient (Wildman–Crippen LogP) is 1.02. The van der Waals surface area contributed by atoms with Gasteiger partial charge in [-0.05, 0) is 52.4 Å². The van der Waals surface area contributed by atoms with Gasteiger partial charge >= 0.3 is 0 Å². The summed E-state index contributed by atoms with van der Waals surface area (Å²) in [5.41, 5.74) is 0. The lowest BCUT2D eigenvalue weighted by molar-refractivity contribution is -0.137. The third-order valence-corrected chi connectivity index (χ3v) is 4.43. The van der Waals surface area contributed by atoms with Gasteiger partial charge in [-0.1, -0.05) is 6.42 Å². The molecule has 0 N–H and O–H groups in total. The van der Waals surface area contributed by atoms with Gasteiger partial charge in [-0.2, -0.15) is 0 Å². The molecule has 0 aromatic heterocycles. The first kappa shape index (κ1) is 13.8. The van der Waals surface area contributed by atoms with Crippen LogP contribution < -0.4 is 0 Å². The fourth-order valence-corrected chi connectivity index (χ4v) is 3.28. The standard InChI is InChI=1S/C14H27N3O/c1-15(2)14(18)13-6-4-5-9-17(13)12-7-10-16(3)11-8-12/h12-13H,4-11H2,1-3H3/t13-/m0/s1. The Balaban J connectivity index is 2.01. The molecule has 2 heterocycles. The first-order chi connectivity index (χ1) is 8.59. The van der Waals surface area contributed by atoms with Gasteiger partial charge in [-0.25, -0.2) is 0 Å². The van der Waals surface area contributed by atoms with Gasteiger partial charge < -0.3 is 9.80 Å². The summed E-state index contributed by atoms with van der Waals surface area (Å²) in [5, 5.41) is 0. The van der Waals surface area contributed by atoms with E-state index in [4.69, 9.17) is 0 Å². The number of hydrogen-bond acceptors (Lipinski definition) is 3. The van der Waals surface area contributed by atoms with Crippen LogP contribution in [0.2, 0.25) is 0 Å². The molecule has 4 heteroatoms. The Morgan fingerprint density at radius 1 is 1.06 bits per heavy atom. The summed E-state index contributed by atoms with van der Waals surface area (Å²) in [6, 6.07) is 0.762. The van der Waals surface area contributed by atoms with E-state index in [1.807, 2.05) is 14.1 Å². The molecule has 18 heavy (non-hydrogen) atoms. The minimum Gasteiger partial charge on any atom is -0.347 e. The molecule has 0 aromatic rings. The molecule has 1 amide bonds. The number of carbonyl (C=O) groups is 1. The second-order valence-corrected chi connectivity index (χ2v) is 6.02. The number of piperidine rings is 2. The number of carbonyl (C=O) groups excluding carboxylic acids is 1. The van der Waals surface area contributed by atoms with Crippen molar-refractivity contribution >= 4 is 5.91 Å². The van der Waals surface area contributed by atoms with Crippen LogP contribution in [-0.2, 0) is 4.79 Å². The van der Waals surface area contributed by atoms with Crippen molar-refractivity contribution in [3.63, 3.8) is 0 Å². The molecule has 2 rings (SSSR count). The fraction of sp³-hybridized carbons (Fsp3) is 0.929. The van der Waals surface area contributed by atoms with Crippen LogP contribution in [0.4, 0.5) is 0 Å². The van der Waals surface area contributed by atoms with E-state index in [2.05, 4.69) is 16.8 Å². The van der Waals surface area contributed by atoms with Crippen LogP contribution in [-0.4, -0.2) is 73.5 Å². The van der Waals surface area contributed by atoms with E-state index in [9.17, 15) is 4.79 Å². The van der Waals surface area contributed by atoms with Gasteiger partial charge in [0.2, 0.25) is 5.91 Å². The summed E-state index contributed by atoms with van der Waals surface area (Å²) in [5.74, 6) is 0.300. The average molecular weight is 253 g/mol. The number of rotatable bonds is 2. The Kier molecular flexibility index (Phi) is 4.62. The molecule has 0 bridgehead atoms. The van der Waals surface area contributed by atoms with Crippen LogP contribution in [0.3, 0.4) is 0 Å². The summed E-state index contributed by atoms with van der Waals surface area (Å²) >= 11 is 0. The van der Waals surface area contributed by atoms with Crippen molar-refractivity contribution in [3.8, 4) is 0 Å². The molecule has 1 atom stereocenters. The molecule has 0 aliphatic carbocycles. The van der Waals surface area contributed by atoms with E-state index in [0.717, 1.165) is 13.0 Å². The first-order valence-corrected chi connectivity index (χ1v) is 7.25. The maximum Gasteiger partial charge on any atom is 0.239 e. The molecule has 0 saturated carbocycles. The number of likely N-dealkylation sites (tertiary alicyclic amines) is 2. The van der Waals surface area contributed by atoms with Gasteiger partial charge in [0.15, 0.2) is 0 Å². The van der Waals surface area contributed by atoms with E-state index < -0.39 is 0 Å². The summed E-state index contributed by atoms with van der Waals surface area (Å²) in [7, 11) is 5.95. The van der Waals surface area contributed by atoms with Gasteiger partial charge in [0.05, 0.1) is 6.04 Å². The van der Waals surface area contributed by atoms with Crippen molar-refractivity contribution in [2.45, 2.75) is 44.2 Å². The summed E-state index contributed by atoms with van der Waals surface area (Å²) in [4.78, 5) is 18.9. The van der Waals surface area contributed by atoms with Crippen molar-refractivity contribution in [1.82, 2.24) is 14.7 Å². The van der Waals surface area contributed by atoms with Crippen LogP contribution in [0.5, 0.6) is 0 Å². The fourth-order valence-electron chi connectivity index (χ4n) is 3.28. The Bertz CT molecular complexity index is 285. The van der Waals surface area contributed by atoms with Crippen LogP contribution >= 0.6 is 0 Å². The van der Waals surface area contributed by atoms with E-state index in [1.54, 1.807) is 4.90 Å². The van der Waals surface area contributed by atoms with Crippen molar-refractivity contribution in [3.05, 3.63) is 0 Å². The molecule has 2 saturated heterocycles. The molecular formula is C14H27N3O. The van der Waals surface area contributed by atoms with E-state index in [0.29, 0.717) is 11.9 Å². The maximum atomic E-state index is 12.3. The molecule has 4 nitrogen and oxygen atoms in total. The highest BCUT2D eigenvalue weighted by atomic mass is 16.2. The first-order valence-electron chi connectivity index (χ1n) is 7.25. The zero-order valence-electron chi connectivity index (χ0n) is 12.1. The molecule has 2 aliphatic rings. The zero-order chi connectivity index (χ0) is 13.1. The minimum atomic E-state index is 0.141. The Hall–Kier alpha value is -0.610. The number of likely N-dealkylation sites (N-methyl/N-ethyl adjacent to an activating group) is 1. The number of amides is 1. The lowest BCUT2D eigenvalue weighted by atomic mass is 9.94. The van der Waals surface area contributed by atoms with Crippen LogP contribution in [0.1, 0.15) is 32.1 Å². The third-order valence-electron chi connectivity index (χ3n) is 4.43. The highest BCUT2D eigenvalue weighted by Gasteiger charge is 2.35. The van der Waals surface area contributed by atoms with Crippen LogP contribution in [0.25, 0.3) is 0 Å². The van der Waals surface area contributed by atoms with Gasteiger partial charge in [0.1, 0.15) is 0 Å². The molecule has 0 unspecified atom stereocenters.